The molecule has 5 rings (SSSR count). The maximum Gasteiger partial charge on any atom is 0.163 e. The summed E-state index contributed by atoms with van der Waals surface area (Å²) < 4.78 is 11.3. The van der Waals surface area contributed by atoms with E-state index in [-0.39, 0.29) is 6.04 Å². The molecule has 5 heteroatoms. The Hall–Kier alpha value is -2.40. The molecule has 1 aliphatic heterocycles. The molecule has 2 aromatic rings. The van der Waals surface area contributed by atoms with Crippen LogP contribution in [0.4, 0.5) is 5.69 Å². The van der Waals surface area contributed by atoms with Crippen molar-refractivity contribution in [1.82, 2.24) is 10.3 Å². The second kappa shape index (κ2) is 6.40. The molecule has 2 unspecified atom stereocenters. The van der Waals surface area contributed by atoms with Crippen LogP contribution in [-0.2, 0) is 12.8 Å². The van der Waals surface area contributed by atoms with Crippen molar-refractivity contribution in [2.45, 2.75) is 37.8 Å². The Morgan fingerprint density at radius 2 is 2.04 bits per heavy atom. The van der Waals surface area contributed by atoms with Gasteiger partial charge in [0.1, 0.15) is 13.2 Å². The number of likely N-dealkylation sites (N-methyl/N-ethyl adjacent to an activating group) is 1. The maximum atomic E-state index is 5.69. The summed E-state index contributed by atoms with van der Waals surface area (Å²) >= 11 is 0. The summed E-state index contributed by atoms with van der Waals surface area (Å²) in [6.45, 7) is 1.24. The van der Waals surface area contributed by atoms with Gasteiger partial charge in [-0.1, -0.05) is 6.08 Å². The summed E-state index contributed by atoms with van der Waals surface area (Å²) in [5, 5.41) is 9.74. The molecule has 136 valence electrons. The molecule has 5 nitrogen and oxygen atoms in total. The van der Waals surface area contributed by atoms with Crippen LogP contribution in [0.2, 0.25) is 0 Å². The number of H-pyrrole nitrogens is 1. The van der Waals surface area contributed by atoms with Gasteiger partial charge in [-0.05, 0) is 61.7 Å². The van der Waals surface area contributed by atoms with Crippen LogP contribution < -0.4 is 30.7 Å². The summed E-state index contributed by atoms with van der Waals surface area (Å²) in [7, 11) is 2.07. The molecule has 3 aliphatic rings. The molecule has 1 aromatic heterocycles. The Morgan fingerprint density at radius 3 is 2.92 bits per heavy atom. The molecule has 2 heterocycles. The molecule has 0 amide bonds. The average Bonchev–Trinajstić information content (AvgIpc) is 3.04. The lowest BCUT2D eigenvalue weighted by atomic mass is 9.91. The molecule has 0 spiro atoms. The molecule has 0 saturated heterocycles. The highest BCUT2D eigenvalue weighted by molar-refractivity contribution is 5.59. The van der Waals surface area contributed by atoms with E-state index in [0.29, 0.717) is 19.3 Å². The average molecular weight is 351 g/mol. The number of anilines is 1. The number of benzene rings is 1. The molecule has 0 saturated carbocycles. The van der Waals surface area contributed by atoms with Crippen molar-refractivity contribution in [3.05, 3.63) is 40.0 Å². The summed E-state index contributed by atoms with van der Waals surface area (Å²) in [6.07, 6.45) is 9.19. The Labute approximate surface area is 153 Å². The number of hydrogen-bond acceptors (Lipinski definition) is 4. The standard InChI is InChI=1S/C21H25N3O2/c1-22-13-3-6-18-17(10-13)16-5-2-14(11-19(16)24-18)23-15-4-7-20-21(12-15)26-9-8-25-20/h4-5,7,11-14,22-24H,2-3,6,8-10H2,1H3. The number of aromatic nitrogens is 1. The van der Waals surface area contributed by atoms with E-state index in [1.54, 1.807) is 0 Å². The second-order valence-corrected chi connectivity index (χ2v) is 7.35. The fourth-order valence-electron chi connectivity index (χ4n) is 4.32. The van der Waals surface area contributed by atoms with Crippen LogP contribution in [-0.4, -0.2) is 37.3 Å². The van der Waals surface area contributed by atoms with Crippen LogP contribution in [0.15, 0.2) is 18.2 Å². The topological polar surface area (TPSA) is 58.3 Å². The minimum absolute atomic E-state index is 0.283. The van der Waals surface area contributed by atoms with Crippen LogP contribution in [0, 0.1) is 0 Å². The van der Waals surface area contributed by atoms with Gasteiger partial charge in [-0.25, -0.2) is 0 Å². The van der Waals surface area contributed by atoms with E-state index in [9.17, 15) is 0 Å². The number of aromatic amines is 1. The predicted octanol–water partition coefficient (Wildman–Crippen LogP) is 1.31. The molecule has 0 fully saturated rings. The smallest absolute Gasteiger partial charge is 0.163 e. The fraction of sp³-hybridized carbons (Fsp3) is 0.429. The zero-order valence-corrected chi connectivity index (χ0v) is 15.1. The fourth-order valence-corrected chi connectivity index (χ4v) is 4.32. The Balaban J connectivity index is 1.39. The first kappa shape index (κ1) is 15.8. The number of nitrogens with one attached hydrogen (secondary N) is 3. The number of ether oxygens (including phenoxy) is 2. The molecule has 0 bridgehead atoms. The van der Waals surface area contributed by atoms with Crippen LogP contribution in [0.5, 0.6) is 11.5 Å². The minimum atomic E-state index is 0.283. The number of aryl methyl sites for hydroxylation is 1. The highest BCUT2D eigenvalue weighted by Gasteiger charge is 2.22. The first-order valence-corrected chi connectivity index (χ1v) is 9.55. The molecular weight excluding hydrogens is 326 g/mol. The number of hydrogen-bond donors (Lipinski definition) is 3. The van der Waals surface area contributed by atoms with Crippen molar-refractivity contribution >= 4 is 17.8 Å². The summed E-state index contributed by atoms with van der Waals surface area (Å²) in [4.78, 5) is 3.67. The van der Waals surface area contributed by atoms with E-state index in [0.717, 1.165) is 36.4 Å². The van der Waals surface area contributed by atoms with Crippen molar-refractivity contribution in [1.29, 1.82) is 0 Å². The van der Waals surface area contributed by atoms with E-state index >= 15 is 0 Å². The zero-order chi connectivity index (χ0) is 17.5. The Kier molecular flexibility index (Phi) is 3.89. The van der Waals surface area contributed by atoms with Crippen molar-refractivity contribution < 1.29 is 9.47 Å². The van der Waals surface area contributed by atoms with Crippen molar-refractivity contribution in [2.75, 3.05) is 25.6 Å². The third-order valence-corrected chi connectivity index (χ3v) is 5.70. The molecule has 1 aromatic carbocycles. The van der Waals surface area contributed by atoms with Gasteiger partial charge in [-0.2, -0.15) is 0 Å². The predicted molar refractivity (Wildman–Crippen MR) is 103 cm³/mol. The number of rotatable bonds is 3. The molecule has 2 atom stereocenters. The van der Waals surface area contributed by atoms with Crippen molar-refractivity contribution in [3.8, 4) is 11.5 Å². The van der Waals surface area contributed by atoms with Gasteiger partial charge in [0.2, 0.25) is 0 Å². The molecule has 3 N–H and O–H groups in total. The minimum Gasteiger partial charge on any atom is -0.486 e. The van der Waals surface area contributed by atoms with Gasteiger partial charge in [-0.3, -0.25) is 0 Å². The zero-order valence-electron chi connectivity index (χ0n) is 15.1. The molecule has 26 heavy (non-hydrogen) atoms. The lowest BCUT2D eigenvalue weighted by Crippen LogP contribution is -2.37. The monoisotopic (exact) mass is 351 g/mol. The lowest BCUT2D eigenvalue weighted by Gasteiger charge is -2.22. The van der Waals surface area contributed by atoms with Crippen molar-refractivity contribution in [2.24, 2.45) is 0 Å². The van der Waals surface area contributed by atoms with Gasteiger partial charge >= 0.3 is 0 Å². The SMILES string of the molecule is CNC1CCc2[nH]c3c(c2C1)=CCC(Nc1ccc2c(c1)OCCO2)C=3. The van der Waals surface area contributed by atoms with Crippen LogP contribution >= 0.6 is 0 Å². The summed E-state index contributed by atoms with van der Waals surface area (Å²) in [5.74, 6) is 1.66. The quantitative estimate of drug-likeness (QED) is 0.780. The van der Waals surface area contributed by atoms with E-state index in [1.807, 2.05) is 12.1 Å². The summed E-state index contributed by atoms with van der Waals surface area (Å²) in [6, 6.07) is 6.97. The van der Waals surface area contributed by atoms with E-state index in [4.69, 9.17) is 9.47 Å². The van der Waals surface area contributed by atoms with Crippen molar-refractivity contribution in [3.63, 3.8) is 0 Å². The van der Waals surface area contributed by atoms with Gasteiger partial charge in [0.25, 0.3) is 0 Å². The normalized spacial score (nSPS) is 23.3. The van der Waals surface area contributed by atoms with E-state index in [1.165, 1.54) is 28.2 Å². The Morgan fingerprint density at radius 1 is 1.15 bits per heavy atom. The first-order valence-electron chi connectivity index (χ1n) is 9.55. The third-order valence-electron chi connectivity index (χ3n) is 5.70. The largest absolute Gasteiger partial charge is 0.486 e. The van der Waals surface area contributed by atoms with Gasteiger partial charge in [0.05, 0.1) is 6.04 Å². The van der Waals surface area contributed by atoms with Gasteiger partial charge < -0.3 is 25.1 Å². The number of fused-ring (bicyclic) bond motifs is 4. The van der Waals surface area contributed by atoms with E-state index < -0.39 is 0 Å². The highest BCUT2D eigenvalue weighted by atomic mass is 16.6. The van der Waals surface area contributed by atoms with Gasteiger partial charge in [0.15, 0.2) is 11.5 Å². The van der Waals surface area contributed by atoms with Crippen LogP contribution in [0.25, 0.3) is 12.2 Å². The van der Waals surface area contributed by atoms with Crippen LogP contribution in [0.3, 0.4) is 0 Å². The lowest BCUT2D eigenvalue weighted by molar-refractivity contribution is 0.171. The molecule has 2 aliphatic carbocycles. The first-order chi connectivity index (χ1) is 12.8. The molecule has 0 radical (unpaired) electrons. The third kappa shape index (κ3) is 2.76. The Bertz CT molecular complexity index is 947. The second-order valence-electron chi connectivity index (χ2n) is 7.35. The summed E-state index contributed by atoms with van der Waals surface area (Å²) in [5.41, 5.74) is 4.01. The van der Waals surface area contributed by atoms with Crippen LogP contribution in [0.1, 0.15) is 24.1 Å². The molecular formula is C21H25N3O2. The maximum absolute atomic E-state index is 5.69. The highest BCUT2D eigenvalue weighted by Crippen LogP contribution is 2.33. The van der Waals surface area contributed by atoms with E-state index in [2.05, 4.69) is 40.9 Å². The van der Waals surface area contributed by atoms with Gasteiger partial charge in [0, 0.05) is 28.8 Å². The van der Waals surface area contributed by atoms with Gasteiger partial charge in [-0.15, -0.1) is 0 Å².